The van der Waals surface area contributed by atoms with Crippen LogP contribution in [-0.4, -0.2) is 13.1 Å². The summed E-state index contributed by atoms with van der Waals surface area (Å²) in [6.45, 7) is 9.34. The first-order chi connectivity index (χ1) is 25.2. The molecule has 7 aromatic carbocycles. The highest BCUT2D eigenvalue weighted by Crippen LogP contribution is 2.60. The molecule has 0 radical (unpaired) electrons. The zero-order chi connectivity index (χ0) is 34.1. The molecule has 51 heavy (non-hydrogen) atoms. The number of nitriles is 1. The largest absolute Gasteiger partial charge is 0.341 e. The molecule has 0 unspecified atom stereocenters. The molecule has 0 N–H and O–H groups in total. The highest BCUT2D eigenvalue weighted by molar-refractivity contribution is 6.10. The molecule has 0 saturated heterocycles. The molecule has 2 heterocycles. The van der Waals surface area contributed by atoms with E-state index in [1.54, 1.807) is 0 Å². The first kappa shape index (κ1) is 29.3. The van der Waals surface area contributed by atoms with Gasteiger partial charge in [-0.15, -0.1) is 0 Å². The van der Waals surface area contributed by atoms with Crippen molar-refractivity contribution in [1.82, 2.24) is 0 Å². The maximum absolute atomic E-state index is 9.57. The van der Waals surface area contributed by atoms with E-state index in [2.05, 4.69) is 148 Å². The van der Waals surface area contributed by atoms with Crippen LogP contribution in [-0.2, 0) is 18.3 Å². The van der Waals surface area contributed by atoms with Crippen molar-refractivity contribution in [2.24, 2.45) is 0 Å². The number of anilines is 4. The zero-order valence-electron chi connectivity index (χ0n) is 28.0. The molecule has 4 heteroatoms. The maximum Gasteiger partial charge on any atom is 0.187 e. The molecule has 4 nitrogen and oxygen atoms in total. The summed E-state index contributed by atoms with van der Waals surface area (Å²) < 4.78 is 0. The average Bonchev–Trinajstić information content (AvgIpc) is 3.90. The van der Waals surface area contributed by atoms with E-state index in [1.165, 1.54) is 72.3 Å². The van der Waals surface area contributed by atoms with Gasteiger partial charge in [-0.05, 0) is 105 Å². The van der Waals surface area contributed by atoms with Crippen molar-refractivity contribution in [1.29, 1.82) is 5.26 Å². The van der Waals surface area contributed by atoms with Gasteiger partial charge in [0.15, 0.2) is 5.69 Å². The van der Waals surface area contributed by atoms with Gasteiger partial charge in [0.25, 0.3) is 0 Å². The molecule has 0 spiro atoms. The third-order valence-corrected chi connectivity index (χ3v) is 11.3. The molecular formula is C47H32N4. The molecule has 240 valence electrons. The fraction of sp³-hybridized carbons (Fsp3) is 0.106. The van der Waals surface area contributed by atoms with Crippen LogP contribution in [0, 0.1) is 17.9 Å². The van der Waals surface area contributed by atoms with E-state index >= 15 is 0 Å². The Morgan fingerprint density at radius 1 is 0.588 bits per heavy atom. The molecule has 10 rings (SSSR count). The molecule has 0 saturated carbocycles. The predicted molar refractivity (Wildman–Crippen MR) is 207 cm³/mol. The lowest BCUT2D eigenvalue weighted by atomic mass is 9.67. The lowest BCUT2D eigenvalue weighted by molar-refractivity contribution is 0.768. The van der Waals surface area contributed by atoms with E-state index in [0.29, 0.717) is 11.3 Å². The highest BCUT2D eigenvalue weighted by atomic mass is 15.2. The summed E-state index contributed by atoms with van der Waals surface area (Å²) in [6, 6.07) is 55.0. The summed E-state index contributed by atoms with van der Waals surface area (Å²) in [7, 11) is 0. The van der Waals surface area contributed by atoms with E-state index in [4.69, 9.17) is 6.57 Å². The molecule has 7 aromatic rings. The van der Waals surface area contributed by atoms with Crippen LogP contribution in [0.2, 0.25) is 0 Å². The van der Waals surface area contributed by atoms with Crippen molar-refractivity contribution in [3.8, 4) is 17.2 Å². The van der Waals surface area contributed by atoms with E-state index in [-0.39, 0.29) is 0 Å². The Labute approximate surface area is 297 Å². The third-order valence-electron chi connectivity index (χ3n) is 11.3. The van der Waals surface area contributed by atoms with Crippen molar-refractivity contribution in [3.05, 3.63) is 196 Å². The van der Waals surface area contributed by atoms with Crippen LogP contribution in [0.4, 0.5) is 28.4 Å². The van der Waals surface area contributed by atoms with E-state index < -0.39 is 5.41 Å². The van der Waals surface area contributed by atoms with Gasteiger partial charge in [-0.25, -0.2) is 4.85 Å². The van der Waals surface area contributed by atoms with Crippen molar-refractivity contribution in [2.75, 3.05) is 22.9 Å². The third kappa shape index (κ3) is 4.18. The molecule has 0 aromatic heterocycles. The van der Waals surface area contributed by atoms with Gasteiger partial charge in [-0.3, -0.25) is 0 Å². The molecule has 0 atom stereocenters. The molecule has 1 aliphatic carbocycles. The number of fused-ring (bicyclic) bond motifs is 7. The topological polar surface area (TPSA) is 34.6 Å². The minimum Gasteiger partial charge on any atom is -0.341 e. The quantitative estimate of drug-likeness (QED) is 0.178. The fourth-order valence-corrected chi connectivity index (χ4v) is 9.15. The minimum absolute atomic E-state index is 0.578. The normalized spacial score (nSPS) is 14.8. The fourth-order valence-electron chi connectivity index (χ4n) is 9.15. The van der Waals surface area contributed by atoms with Gasteiger partial charge in [0.05, 0.1) is 23.6 Å². The summed E-state index contributed by atoms with van der Waals surface area (Å²) in [5, 5.41) is 12.0. The first-order valence-corrected chi connectivity index (χ1v) is 17.6. The monoisotopic (exact) mass is 652 g/mol. The highest BCUT2D eigenvalue weighted by Gasteiger charge is 2.48. The first-order valence-electron chi connectivity index (χ1n) is 17.6. The standard InChI is InChI=1S/C47H32N4/c1-49-36-17-21-44-33(27-36)23-25-51(44)45-29-42-46(39-15-9-8-14-38(39)45)40-19-18-37(50-24-22-32-26-31(30-48)16-20-43(32)50)28-41(40)47(42,34-10-4-2-5-11-34)35-12-6-3-7-13-35/h2-21,26-29H,22-25H2. The number of benzene rings is 7. The summed E-state index contributed by atoms with van der Waals surface area (Å²) in [5.74, 6) is 0. The Balaban J connectivity index is 1.28. The Morgan fingerprint density at radius 3 is 1.96 bits per heavy atom. The van der Waals surface area contributed by atoms with Crippen LogP contribution in [0.5, 0.6) is 0 Å². The second-order valence-electron chi connectivity index (χ2n) is 13.8. The number of hydrogen-bond donors (Lipinski definition) is 0. The Kier molecular flexibility index (Phi) is 6.44. The van der Waals surface area contributed by atoms with Crippen molar-refractivity contribution in [3.63, 3.8) is 0 Å². The van der Waals surface area contributed by atoms with Crippen LogP contribution >= 0.6 is 0 Å². The minimum atomic E-state index is -0.578. The molecule has 0 amide bonds. The van der Waals surface area contributed by atoms with Crippen LogP contribution in [0.1, 0.15) is 38.9 Å². The van der Waals surface area contributed by atoms with Crippen LogP contribution in [0.15, 0.2) is 146 Å². The zero-order valence-corrected chi connectivity index (χ0v) is 28.0. The lowest BCUT2D eigenvalue weighted by Gasteiger charge is -2.35. The molecule has 3 aliphatic rings. The maximum atomic E-state index is 9.57. The number of nitrogens with zero attached hydrogens (tertiary/aromatic N) is 4. The van der Waals surface area contributed by atoms with Gasteiger partial charge in [-0.2, -0.15) is 5.26 Å². The van der Waals surface area contributed by atoms with Gasteiger partial charge in [0.1, 0.15) is 0 Å². The summed E-state index contributed by atoms with van der Waals surface area (Å²) in [5.41, 5.74) is 15.6. The van der Waals surface area contributed by atoms with Gasteiger partial charge in [0, 0.05) is 41.2 Å². The van der Waals surface area contributed by atoms with Crippen LogP contribution in [0.25, 0.3) is 26.7 Å². The average molecular weight is 653 g/mol. The van der Waals surface area contributed by atoms with Gasteiger partial charge >= 0.3 is 0 Å². The molecule has 0 fully saturated rings. The predicted octanol–water partition coefficient (Wildman–Crippen LogP) is 11.0. The number of hydrogen-bond acceptors (Lipinski definition) is 3. The van der Waals surface area contributed by atoms with Gasteiger partial charge < -0.3 is 9.80 Å². The van der Waals surface area contributed by atoms with E-state index in [1.807, 2.05) is 18.2 Å². The van der Waals surface area contributed by atoms with E-state index in [9.17, 15) is 5.26 Å². The Morgan fingerprint density at radius 2 is 1.24 bits per heavy atom. The van der Waals surface area contributed by atoms with Crippen LogP contribution < -0.4 is 9.80 Å². The molecular weight excluding hydrogens is 621 g/mol. The number of rotatable bonds is 4. The van der Waals surface area contributed by atoms with Crippen LogP contribution in [0.3, 0.4) is 0 Å². The second kappa shape index (κ2) is 11.2. The summed E-state index contributed by atoms with van der Waals surface area (Å²) in [4.78, 5) is 8.61. The van der Waals surface area contributed by atoms with E-state index in [0.717, 1.165) is 31.6 Å². The van der Waals surface area contributed by atoms with Gasteiger partial charge in [-0.1, -0.05) is 103 Å². The molecule has 0 bridgehead atoms. The van der Waals surface area contributed by atoms with Crippen molar-refractivity contribution < 1.29 is 0 Å². The molecule has 2 aliphatic heterocycles. The summed E-state index contributed by atoms with van der Waals surface area (Å²) >= 11 is 0. The Hall–Kier alpha value is -6.62. The van der Waals surface area contributed by atoms with Crippen molar-refractivity contribution >= 4 is 39.2 Å². The summed E-state index contributed by atoms with van der Waals surface area (Å²) in [6.07, 6.45) is 1.82. The Bertz CT molecular complexity index is 2590. The second-order valence-corrected chi connectivity index (χ2v) is 13.8. The van der Waals surface area contributed by atoms with Crippen molar-refractivity contribution in [2.45, 2.75) is 18.3 Å². The SMILES string of the molecule is [C-]#[N+]c1ccc2c(c1)CCN2c1cc2c(c3ccccc13)-c1ccc(N3CCc4cc(C#N)ccc43)cc1C2(c1ccccc1)c1ccccc1. The smallest absolute Gasteiger partial charge is 0.187 e. The lowest BCUT2D eigenvalue weighted by Crippen LogP contribution is -2.29. The van der Waals surface area contributed by atoms with Gasteiger partial charge in [0.2, 0.25) is 0 Å².